The molecule has 1 heterocycles. The number of aliphatic hydroxyl groups is 1. The van der Waals surface area contributed by atoms with Gasteiger partial charge in [-0.25, -0.2) is 4.98 Å². The summed E-state index contributed by atoms with van der Waals surface area (Å²) in [5.41, 5.74) is 3.52. The number of benzene rings is 1. The fourth-order valence-corrected chi connectivity index (χ4v) is 2.62. The van der Waals surface area contributed by atoms with E-state index in [2.05, 4.69) is 10.3 Å². The Morgan fingerprint density at radius 2 is 2.00 bits per heavy atom. The van der Waals surface area contributed by atoms with Crippen LogP contribution in [-0.2, 0) is 17.4 Å². The molecule has 2 unspecified atom stereocenters. The number of hydrogen-bond acceptors (Lipinski definition) is 4. The molecule has 0 radical (unpaired) electrons. The Balaban J connectivity index is 1.96. The topological polar surface area (TPSA) is 93.2 Å². The first kappa shape index (κ1) is 19.9. The minimum Gasteiger partial charge on any atom is -0.374 e. The number of amides is 1. The number of nitrogens with zero attached hydrogens (tertiary/aromatic N) is 2. The van der Waals surface area contributed by atoms with Gasteiger partial charge in [-0.3, -0.25) is 4.79 Å². The van der Waals surface area contributed by atoms with Gasteiger partial charge < -0.3 is 20.7 Å². The zero-order valence-corrected chi connectivity index (χ0v) is 14.2. The molecule has 2 aromatic rings. The Morgan fingerprint density at radius 3 is 2.54 bits per heavy atom. The molecule has 6 nitrogen and oxygen atoms in total. The fraction of sp³-hybridized carbons (Fsp3) is 0.412. The van der Waals surface area contributed by atoms with Crippen molar-refractivity contribution in [2.24, 2.45) is 12.8 Å². The molecular formula is C17H21F3N4O2. The van der Waals surface area contributed by atoms with Gasteiger partial charge in [0.15, 0.2) is 0 Å². The van der Waals surface area contributed by atoms with Crippen molar-refractivity contribution in [3.63, 3.8) is 0 Å². The van der Waals surface area contributed by atoms with Gasteiger partial charge in [0.25, 0.3) is 0 Å². The van der Waals surface area contributed by atoms with E-state index in [4.69, 9.17) is 5.73 Å². The smallest absolute Gasteiger partial charge is 0.374 e. The average Bonchev–Trinajstić information content (AvgIpc) is 3.01. The summed E-state index contributed by atoms with van der Waals surface area (Å²) >= 11 is 0. The van der Waals surface area contributed by atoms with Crippen LogP contribution in [0.4, 0.5) is 13.2 Å². The maximum Gasteiger partial charge on any atom is 0.424 e. The van der Waals surface area contributed by atoms with Gasteiger partial charge in [0.2, 0.25) is 11.5 Å². The van der Waals surface area contributed by atoms with Crippen molar-refractivity contribution in [2.75, 3.05) is 6.54 Å². The summed E-state index contributed by atoms with van der Waals surface area (Å²) in [4.78, 5) is 15.5. The van der Waals surface area contributed by atoms with E-state index in [1.807, 2.05) is 6.07 Å². The van der Waals surface area contributed by atoms with Crippen molar-refractivity contribution >= 4 is 5.91 Å². The number of carbonyl (C=O) groups excluding carboxylic acids is 1. The van der Waals surface area contributed by atoms with Gasteiger partial charge in [0.05, 0.1) is 0 Å². The van der Waals surface area contributed by atoms with Crippen molar-refractivity contribution in [3.8, 4) is 0 Å². The number of alkyl halides is 3. The van der Waals surface area contributed by atoms with Gasteiger partial charge >= 0.3 is 6.18 Å². The van der Waals surface area contributed by atoms with Crippen LogP contribution in [0.5, 0.6) is 0 Å². The normalized spacial score (nSPS) is 15.3. The molecule has 1 amide bonds. The lowest BCUT2D eigenvalue weighted by Gasteiger charge is -2.30. The van der Waals surface area contributed by atoms with Crippen LogP contribution in [0.2, 0.25) is 0 Å². The predicted octanol–water partition coefficient (Wildman–Crippen LogP) is 1.77. The molecule has 0 aliphatic heterocycles. The second-order valence-corrected chi connectivity index (χ2v) is 6.04. The molecule has 2 atom stereocenters. The predicted molar refractivity (Wildman–Crippen MR) is 88.8 cm³/mol. The largest absolute Gasteiger partial charge is 0.424 e. The number of halogens is 3. The summed E-state index contributed by atoms with van der Waals surface area (Å²) in [5, 5.41) is 12.6. The summed E-state index contributed by atoms with van der Waals surface area (Å²) in [6.45, 7) is -0.372. The number of carbonyl (C=O) groups is 1. The summed E-state index contributed by atoms with van der Waals surface area (Å²) in [6, 6.07) is 8.34. The number of hydrogen-bond donors (Lipinski definition) is 3. The van der Waals surface area contributed by atoms with Crippen LogP contribution in [0.3, 0.4) is 0 Å². The maximum absolute atomic E-state index is 13.4. The number of imidazole rings is 1. The van der Waals surface area contributed by atoms with Crippen molar-refractivity contribution in [1.82, 2.24) is 14.9 Å². The summed E-state index contributed by atoms with van der Waals surface area (Å²) in [7, 11) is 1.36. The Labute approximate surface area is 148 Å². The van der Waals surface area contributed by atoms with E-state index in [0.717, 1.165) is 10.1 Å². The van der Waals surface area contributed by atoms with E-state index in [1.165, 1.54) is 19.4 Å². The van der Waals surface area contributed by atoms with E-state index in [9.17, 15) is 23.1 Å². The molecule has 0 saturated carbocycles. The van der Waals surface area contributed by atoms with Crippen molar-refractivity contribution in [3.05, 3.63) is 54.1 Å². The van der Waals surface area contributed by atoms with Gasteiger partial charge in [-0.1, -0.05) is 30.3 Å². The highest BCUT2D eigenvalue weighted by molar-refractivity contribution is 5.76. The van der Waals surface area contributed by atoms with E-state index in [0.29, 0.717) is 0 Å². The first-order chi connectivity index (χ1) is 12.1. The van der Waals surface area contributed by atoms with Crippen LogP contribution < -0.4 is 11.1 Å². The van der Waals surface area contributed by atoms with Gasteiger partial charge in [-0.2, -0.15) is 13.2 Å². The molecule has 1 aromatic carbocycles. The summed E-state index contributed by atoms with van der Waals surface area (Å²) in [5.74, 6) is -1.02. The highest BCUT2D eigenvalue weighted by atomic mass is 19.4. The van der Waals surface area contributed by atoms with Gasteiger partial charge in [-0.15, -0.1) is 0 Å². The number of nitrogens with one attached hydrogen (secondary N) is 1. The van der Waals surface area contributed by atoms with Gasteiger partial charge in [0.1, 0.15) is 5.82 Å². The average molecular weight is 370 g/mol. The zero-order valence-electron chi connectivity index (χ0n) is 14.2. The van der Waals surface area contributed by atoms with E-state index in [-0.39, 0.29) is 13.0 Å². The lowest BCUT2D eigenvalue weighted by atomic mass is 9.97. The highest BCUT2D eigenvalue weighted by Gasteiger charge is 2.57. The van der Waals surface area contributed by atoms with Crippen molar-refractivity contribution < 1.29 is 23.1 Å². The van der Waals surface area contributed by atoms with Gasteiger partial charge in [-0.05, 0) is 5.56 Å². The molecule has 0 fully saturated rings. The monoisotopic (exact) mass is 370 g/mol. The van der Waals surface area contributed by atoms with Crippen molar-refractivity contribution in [2.45, 2.75) is 30.7 Å². The molecular weight excluding hydrogens is 349 g/mol. The molecule has 0 spiro atoms. The Bertz CT molecular complexity index is 733. The molecule has 0 aliphatic carbocycles. The minimum absolute atomic E-state index is 0.0726. The minimum atomic E-state index is -4.93. The molecule has 4 N–H and O–H groups in total. The first-order valence-corrected chi connectivity index (χ1v) is 7.99. The summed E-state index contributed by atoms with van der Waals surface area (Å²) in [6.07, 6.45) is -3.28. The highest BCUT2D eigenvalue weighted by Crippen LogP contribution is 2.40. The third-order valence-corrected chi connectivity index (χ3v) is 4.10. The van der Waals surface area contributed by atoms with Crippen LogP contribution in [0.1, 0.15) is 30.3 Å². The van der Waals surface area contributed by atoms with Crippen LogP contribution in [-0.4, -0.2) is 33.3 Å². The van der Waals surface area contributed by atoms with Crippen LogP contribution in [0, 0.1) is 0 Å². The quantitative estimate of drug-likeness (QED) is 0.692. The molecule has 0 bridgehead atoms. The zero-order chi connectivity index (χ0) is 19.4. The molecule has 1 aromatic heterocycles. The molecule has 2 rings (SSSR count). The first-order valence-electron chi connectivity index (χ1n) is 7.99. The van der Waals surface area contributed by atoms with Crippen molar-refractivity contribution in [1.29, 1.82) is 0 Å². The molecule has 0 aliphatic rings. The third-order valence-electron chi connectivity index (χ3n) is 4.10. The van der Waals surface area contributed by atoms with E-state index < -0.39 is 36.0 Å². The van der Waals surface area contributed by atoms with Gasteiger partial charge in [0, 0.05) is 44.9 Å². The van der Waals surface area contributed by atoms with E-state index in [1.54, 1.807) is 24.3 Å². The molecule has 142 valence electrons. The number of aryl methyl sites for hydroxylation is 1. The Kier molecular flexibility index (Phi) is 6.04. The molecule has 0 saturated heterocycles. The van der Waals surface area contributed by atoms with Crippen LogP contribution in [0.15, 0.2) is 42.7 Å². The molecule has 26 heavy (non-hydrogen) atoms. The lowest BCUT2D eigenvalue weighted by molar-refractivity contribution is -0.272. The Morgan fingerprint density at radius 1 is 1.35 bits per heavy atom. The van der Waals surface area contributed by atoms with Crippen LogP contribution >= 0.6 is 0 Å². The van der Waals surface area contributed by atoms with Crippen LogP contribution in [0.25, 0.3) is 0 Å². The number of rotatable bonds is 7. The third kappa shape index (κ3) is 4.41. The second-order valence-electron chi connectivity index (χ2n) is 6.04. The van der Waals surface area contributed by atoms with E-state index >= 15 is 0 Å². The standard InChI is InChI=1S/C17H21F3N4O2/c1-24-10-9-23-15(24)16(26,17(18,19)20)7-8-22-14(25)11-13(21)12-5-3-2-4-6-12/h2-6,9-10,13,26H,7-8,11,21H2,1H3,(H,22,25). The Hall–Kier alpha value is -2.39. The summed E-state index contributed by atoms with van der Waals surface area (Å²) < 4.78 is 41.2. The lowest BCUT2D eigenvalue weighted by Crippen LogP contribution is -2.46. The second kappa shape index (κ2) is 7.88. The maximum atomic E-state index is 13.4. The fourth-order valence-electron chi connectivity index (χ4n) is 2.62. The number of aromatic nitrogens is 2. The molecule has 9 heteroatoms. The number of nitrogens with two attached hydrogens (primary N) is 1. The SMILES string of the molecule is Cn1ccnc1C(O)(CCNC(=O)CC(N)c1ccccc1)C(F)(F)F.